The third-order valence-corrected chi connectivity index (χ3v) is 4.71. The van der Waals surface area contributed by atoms with Crippen LogP contribution < -0.4 is 5.32 Å². The maximum Gasteiger partial charge on any atom is 0.234 e. The van der Waals surface area contributed by atoms with E-state index in [-0.39, 0.29) is 11.7 Å². The first-order chi connectivity index (χ1) is 12.2. The van der Waals surface area contributed by atoms with Crippen molar-refractivity contribution in [2.45, 2.75) is 24.9 Å². The molecule has 0 saturated carbocycles. The van der Waals surface area contributed by atoms with Gasteiger partial charge < -0.3 is 14.3 Å². The maximum atomic E-state index is 12.1. The first-order valence-electron chi connectivity index (χ1n) is 8.12. The van der Waals surface area contributed by atoms with E-state index in [1.165, 1.54) is 17.3 Å². The highest BCUT2D eigenvalue weighted by Crippen LogP contribution is 2.23. The van der Waals surface area contributed by atoms with E-state index in [1.807, 2.05) is 41.9 Å². The molecule has 3 rings (SSSR count). The maximum absolute atomic E-state index is 12.1. The Morgan fingerprint density at radius 1 is 1.24 bits per heavy atom. The molecule has 0 radical (unpaired) electrons. The SMILES string of the molecule is CCCc1ccc(NC(=O)CSc2nnc(-c3ccco3)n2C)cc1. The molecule has 0 fully saturated rings. The Morgan fingerprint density at radius 3 is 2.72 bits per heavy atom. The Labute approximate surface area is 150 Å². The largest absolute Gasteiger partial charge is 0.461 e. The Hall–Kier alpha value is -2.54. The second-order valence-corrected chi connectivity index (χ2v) is 6.57. The van der Waals surface area contributed by atoms with Gasteiger partial charge in [-0.25, -0.2) is 0 Å². The van der Waals surface area contributed by atoms with E-state index in [1.54, 1.807) is 12.3 Å². The molecule has 25 heavy (non-hydrogen) atoms. The average Bonchev–Trinajstić information content (AvgIpc) is 3.25. The second-order valence-electron chi connectivity index (χ2n) is 5.63. The van der Waals surface area contributed by atoms with Gasteiger partial charge in [0.2, 0.25) is 5.91 Å². The van der Waals surface area contributed by atoms with Crippen LogP contribution in [-0.2, 0) is 18.3 Å². The Balaban J connectivity index is 1.56. The van der Waals surface area contributed by atoms with Crippen molar-refractivity contribution in [1.82, 2.24) is 14.8 Å². The number of aromatic nitrogens is 3. The van der Waals surface area contributed by atoms with Crippen molar-refractivity contribution in [2.75, 3.05) is 11.1 Å². The monoisotopic (exact) mass is 356 g/mol. The number of nitrogens with zero attached hydrogens (tertiary/aromatic N) is 3. The number of carbonyl (C=O) groups is 1. The molecule has 0 spiro atoms. The minimum absolute atomic E-state index is 0.0733. The molecule has 0 aliphatic rings. The number of carbonyl (C=O) groups excluding carboxylic acids is 1. The van der Waals surface area contributed by atoms with Crippen molar-refractivity contribution in [3.05, 3.63) is 48.2 Å². The fourth-order valence-electron chi connectivity index (χ4n) is 2.43. The summed E-state index contributed by atoms with van der Waals surface area (Å²) in [5.74, 6) is 1.48. The van der Waals surface area contributed by atoms with Gasteiger partial charge in [0.1, 0.15) is 0 Å². The van der Waals surface area contributed by atoms with E-state index in [2.05, 4.69) is 22.4 Å². The van der Waals surface area contributed by atoms with Crippen LogP contribution in [0.25, 0.3) is 11.6 Å². The molecule has 1 N–H and O–H groups in total. The van der Waals surface area contributed by atoms with Gasteiger partial charge in [0, 0.05) is 12.7 Å². The van der Waals surface area contributed by atoms with Crippen LogP contribution in [0.5, 0.6) is 0 Å². The lowest BCUT2D eigenvalue weighted by Crippen LogP contribution is -2.14. The lowest BCUT2D eigenvalue weighted by atomic mass is 10.1. The summed E-state index contributed by atoms with van der Waals surface area (Å²) in [6, 6.07) is 11.6. The highest BCUT2D eigenvalue weighted by Gasteiger charge is 2.14. The zero-order valence-corrected chi connectivity index (χ0v) is 15.0. The summed E-state index contributed by atoms with van der Waals surface area (Å²) in [6.07, 6.45) is 3.75. The van der Waals surface area contributed by atoms with Crippen molar-refractivity contribution in [3.63, 3.8) is 0 Å². The Morgan fingerprint density at radius 2 is 2.04 bits per heavy atom. The lowest BCUT2D eigenvalue weighted by molar-refractivity contribution is -0.113. The summed E-state index contributed by atoms with van der Waals surface area (Å²) in [5, 5.41) is 11.8. The summed E-state index contributed by atoms with van der Waals surface area (Å²) in [4.78, 5) is 12.1. The molecule has 1 amide bonds. The molecule has 0 unspecified atom stereocenters. The van der Waals surface area contributed by atoms with Gasteiger partial charge >= 0.3 is 0 Å². The van der Waals surface area contributed by atoms with Crippen molar-refractivity contribution in [2.24, 2.45) is 7.05 Å². The van der Waals surface area contributed by atoms with E-state index < -0.39 is 0 Å². The van der Waals surface area contributed by atoms with Gasteiger partial charge in [-0.2, -0.15) is 0 Å². The molecule has 0 saturated heterocycles. The van der Waals surface area contributed by atoms with E-state index in [0.717, 1.165) is 18.5 Å². The summed E-state index contributed by atoms with van der Waals surface area (Å²) < 4.78 is 7.15. The van der Waals surface area contributed by atoms with Gasteiger partial charge in [-0.05, 0) is 36.2 Å². The van der Waals surface area contributed by atoms with Crippen molar-refractivity contribution in [3.8, 4) is 11.6 Å². The highest BCUT2D eigenvalue weighted by molar-refractivity contribution is 7.99. The van der Waals surface area contributed by atoms with Crippen LogP contribution in [0.4, 0.5) is 5.69 Å². The fraction of sp³-hybridized carbons (Fsp3) is 0.278. The molecule has 0 bridgehead atoms. The molecule has 6 nitrogen and oxygen atoms in total. The molecule has 0 aliphatic carbocycles. The standard InChI is InChI=1S/C18H20N4O2S/c1-3-5-13-7-9-14(10-8-13)19-16(23)12-25-18-21-20-17(22(18)2)15-6-4-11-24-15/h4,6-11H,3,5,12H2,1-2H3,(H,19,23). The van der Waals surface area contributed by atoms with Gasteiger partial charge in [-0.1, -0.05) is 37.2 Å². The van der Waals surface area contributed by atoms with Gasteiger partial charge in [0.15, 0.2) is 16.7 Å². The van der Waals surface area contributed by atoms with Crippen molar-refractivity contribution in [1.29, 1.82) is 0 Å². The minimum atomic E-state index is -0.0733. The van der Waals surface area contributed by atoms with Gasteiger partial charge in [-0.3, -0.25) is 4.79 Å². The van der Waals surface area contributed by atoms with E-state index in [0.29, 0.717) is 16.7 Å². The fourth-order valence-corrected chi connectivity index (χ4v) is 3.14. The predicted octanol–water partition coefficient (Wildman–Crippen LogP) is 3.76. The van der Waals surface area contributed by atoms with Crippen LogP contribution in [0.2, 0.25) is 0 Å². The van der Waals surface area contributed by atoms with Crippen LogP contribution in [0.1, 0.15) is 18.9 Å². The molecule has 7 heteroatoms. The number of amides is 1. The third-order valence-electron chi connectivity index (χ3n) is 3.69. The molecular formula is C18H20N4O2S. The molecule has 0 atom stereocenters. The number of anilines is 1. The summed E-state index contributed by atoms with van der Waals surface area (Å²) in [5.41, 5.74) is 2.08. The number of rotatable bonds is 7. The first kappa shape index (κ1) is 17.3. The molecular weight excluding hydrogens is 336 g/mol. The normalized spacial score (nSPS) is 10.8. The van der Waals surface area contributed by atoms with Crippen LogP contribution in [-0.4, -0.2) is 26.4 Å². The molecule has 130 valence electrons. The second kappa shape index (κ2) is 8.02. The van der Waals surface area contributed by atoms with Crippen LogP contribution in [0.3, 0.4) is 0 Å². The number of thioether (sulfide) groups is 1. The van der Waals surface area contributed by atoms with Gasteiger partial charge in [0.05, 0.1) is 12.0 Å². The van der Waals surface area contributed by atoms with Crippen LogP contribution >= 0.6 is 11.8 Å². The van der Waals surface area contributed by atoms with Crippen molar-refractivity contribution >= 4 is 23.4 Å². The quantitative estimate of drug-likeness (QED) is 0.653. The zero-order valence-electron chi connectivity index (χ0n) is 14.2. The molecule has 2 heterocycles. The Kier molecular flexibility index (Phi) is 5.55. The van der Waals surface area contributed by atoms with Crippen LogP contribution in [0.15, 0.2) is 52.2 Å². The first-order valence-corrected chi connectivity index (χ1v) is 9.10. The Bertz CT molecular complexity index is 825. The summed E-state index contributed by atoms with van der Waals surface area (Å²) >= 11 is 1.34. The number of hydrogen-bond acceptors (Lipinski definition) is 5. The zero-order chi connectivity index (χ0) is 17.6. The summed E-state index contributed by atoms with van der Waals surface area (Å²) in [6.45, 7) is 2.15. The number of aryl methyl sites for hydroxylation is 1. The summed E-state index contributed by atoms with van der Waals surface area (Å²) in [7, 11) is 1.85. The molecule has 2 aromatic heterocycles. The third kappa shape index (κ3) is 4.30. The number of furan rings is 1. The topological polar surface area (TPSA) is 73.0 Å². The van der Waals surface area contributed by atoms with E-state index in [4.69, 9.17) is 4.42 Å². The number of benzene rings is 1. The lowest BCUT2D eigenvalue weighted by Gasteiger charge is -2.06. The predicted molar refractivity (Wildman–Crippen MR) is 98.5 cm³/mol. The molecule has 3 aromatic rings. The average molecular weight is 356 g/mol. The highest BCUT2D eigenvalue weighted by atomic mass is 32.2. The minimum Gasteiger partial charge on any atom is -0.461 e. The number of hydrogen-bond donors (Lipinski definition) is 1. The van der Waals surface area contributed by atoms with Gasteiger partial charge in [0.25, 0.3) is 0 Å². The van der Waals surface area contributed by atoms with E-state index in [9.17, 15) is 4.79 Å². The molecule has 1 aromatic carbocycles. The van der Waals surface area contributed by atoms with Crippen LogP contribution in [0, 0.1) is 0 Å². The molecule has 0 aliphatic heterocycles. The smallest absolute Gasteiger partial charge is 0.234 e. The van der Waals surface area contributed by atoms with Gasteiger partial charge in [-0.15, -0.1) is 10.2 Å². The van der Waals surface area contributed by atoms with E-state index >= 15 is 0 Å². The number of nitrogens with one attached hydrogen (secondary N) is 1. The van der Waals surface area contributed by atoms with Crippen molar-refractivity contribution < 1.29 is 9.21 Å².